The zero-order valence-electron chi connectivity index (χ0n) is 16.9. The molecule has 1 N–H and O–H groups in total. The van der Waals surface area contributed by atoms with Crippen LogP contribution in [0.5, 0.6) is 0 Å². The van der Waals surface area contributed by atoms with E-state index in [1.54, 1.807) is 12.1 Å². The molecule has 0 spiro atoms. The number of carbonyl (C=O) groups excluding carboxylic acids is 1. The monoisotopic (exact) mass is 412 g/mol. The van der Waals surface area contributed by atoms with Gasteiger partial charge in [-0.3, -0.25) is 9.69 Å². The Morgan fingerprint density at radius 2 is 1.93 bits per heavy atom. The number of nitrogens with zero attached hydrogens (tertiary/aromatic N) is 1. The van der Waals surface area contributed by atoms with Crippen LogP contribution in [0.15, 0.2) is 51.7 Å². The Morgan fingerprint density at radius 1 is 1.14 bits per heavy atom. The molecule has 5 nitrogen and oxygen atoms in total. The summed E-state index contributed by atoms with van der Waals surface area (Å²) in [6, 6.07) is 12.8. The first-order valence-electron chi connectivity index (χ1n) is 9.73. The van der Waals surface area contributed by atoms with Gasteiger partial charge in [0.05, 0.1) is 6.54 Å². The first kappa shape index (κ1) is 21.1. The van der Waals surface area contributed by atoms with E-state index in [0.29, 0.717) is 29.4 Å². The number of nitrogens with one attached hydrogen (secondary N) is 1. The van der Waals surface area contributed by atoms with Gasteiger partial charge in [0.15, 0.2) is 0 Å². The minimum absolute atomic E-state index is 0.127. The number of fused-ring (bicyclic) bond motifs is 1. The average Bonchev–Trinajstić information content (AvgIpc) is 2.69. The zero-order valence-corrected chi connectivity index (χ0v) is 17.7. The summed E-state index contributed by atoms with van der Waals surface area (Å²) in [5.74, 6) is -0.127. The van der Waals surface area contributed by atoms with Crippen molar-refractivity contribution >= 4 is 34.2 Å². The number of benzene rings is 2. The molecule has 0 bridgehead atoms. The molecule has 2 aromatic carbocycles. The predicted octanol–water partition coefficient (Wildman–Crippen LogP) is 4.78. The topological polar surface area (TPSA) is 62.6 Å². The van der Waals surface area contributed by atoms with Crippen LogP contribution in [0.4, 0.5) is 5.69 Å². The van der Waals surface area contributed by atoms with Crippen LogP contribution < -0.4 is 10.9 Å². The molecule has 152 valence electrons. The van der Waals surface area contributed by atoms with Crippen LogP contribution in [0.1, 0.15) is 30.5 Å². The fourth-order valence-corrected chi connectivity index (χ4v) is 3.44. The third-order valence-electron chi connectivity index (χ3n) is 4.98. The van der Waals surface area contributed by atoms with Gasteiger partial charge in [-0.05, 0) is 54.8 Å². The first-order chi connectivity index (χ1) is 13.9. The van der Waals surface area contributed by atoms with Crippen molar-refractivity contribution in [3.05, 3.63) is 74.6 Å². The molecule has 3 aromatic rings. The van der Waals surface area contributed by atoms with Gasteiger partial charge in [0, 0.05) is 28.7 Å². The third-order valence-corrected chi connectivity index (χ3v) is 5.22. The van der Waals surface area contributed by atoms with Gasteiger partial charge < -0.3 is 9.73 Å². The molecule has 0 aliphatic carbocycles. The highest BCUT2D eigenvalue weighted by atomic mass is 35.5. The Morgan fingerprint density at radius 3 is 2.66 bits per heavy atom. The standard InChI is InChI=1S/C23H25ClN2O3/c1-4-16-7-9-19-17(11-23(28)29-21(19)10-16)13-26(5-2)14-22(27)25-20-12-18(24)8-6-15(20)3/h6-12H,4-5,13-14H2,1-3H3,(H,25,27). The quantitative estimate of drug-likeness (QED) is 0.567. The normalized spacial score (nSPS) is 11.2. The number of amides is 1. The molecule has 1 heterocycles. The van der Waals surface area contributed by atoms with Gasteiger partial charge in [-0.15, -0.1) is 0 Å². The average molecular weight is 413 g/mol. The Kier molecular flexibility index (Phi) is 6.72. The SMILES string of the molecule is CCc1ccc2c(CN(CC)CC(=O)Nc3cc(Cl)ccc3C)cc(=O)oc2c1. The van der Waals surface area contributed by atoms with Crippen molar-refractivity contribution in [2.45, 2.75) is 33.7 Å². The molecule has 3 rings (SSSR count). The van der Waals surface area contributed by atoms with Crippen molar-refractivity contribution in [2.24, 2.45) is 0 Å². The highest BCUT2D eigenvalue weighted by molar-refractivity contribution is 6.31. The van der Waals surface area contributed by atoms with Gasteiger partial charge in [0.1, 0.15) is 5.58 Å². The van der Waals surface area contributed by atoms with E-state index < -0.39 is 0 Å². The molecular formula is C23H25ClN2O3. The maximum absolute atomic E-state index is 12.6. The number of aryl methyl sites for hydroxylation is 2. The van der Waals surface area contributed by atoms with Crippen LogP contribution in [0.3, 0.4) is 0 Å². The second-order valence-electron chi connectivity index (χ2n) is 7.09. The van der Waals surface area contributed by atoms with Gasteiger partial charge >= 0.3 is 5.63 Å². The highest BCUT2D eigenvalue weighted by Crippen LogP contribution is 2.22. The van der Waals surface area contributed by atoms with Crippen LogP contribution in [0, 0.1) is 6.92 Å². The molecular weight excluding hydrogens is 388 g/mol. The van der Waals surface area contributed by atoms with Gasteiger partial charge in [0.25, 0.3) is 0 Å². The van der Waals surface area contributed by atoms with E-state index in [1.807, 2.05) is 43.0 Å². The summed E-state index contributed by atoms with van der Waals surface area (Å²) in [5, 5.41) is 4.39. The van der Waals surface area contributed by atoms with Crippen molar-refractivity contribution in [1.82, 2.24) is 4.90 Å². The molecule has 0 fully saturated rings. The van der Waals surface area contributed by atoms with Crippen molar-refractivity contribution < 1.29 is 9.21 Å². The van der Waals surface area contributed by atoms with Gasteiger partial charge in [-0.1, -0.05) is 43.6 Å². The minimum Gasteiger partial charge on any atom is -0.423 e. The largest absolute Gasteiger partial charge is 0.423 e. The number of likely N-dealkylation sites (N-methyl/N-ethyl adjacent to an activating group) is 1. The smallest absolute Gasteiger partial charge is 0.336 e. The summed E-state index contributed by atoms with van der Waals surface area (Å²) >= 11 is 6.03. The van der Waals surface area contributed by atoms with E-state index in [0.717, 1.165) is 28.5 Å². The zero-order chi connectivity index (χ0) is 21.0. The molecule has 0 saturated heterocycles. The Bertz CT molecular complexity index is 1090. The highest BCUT2D eigenvalue weighted by Gasteiger charge is 2.14. The fraction of sp³-hybridized carbons (Fsp3) is 0.304. The number of rotatable bonds is 7. The van der Waals surface area contributed by atoms with E-state index in [2.05, 4.69) is 12.2 Å². The summed E-state index contributed by atoms with van der Waals surface area (Å²) in [6.45, 7) is 7.31. The van der Waals surface area contributed by atoms with Gasteiger partial charge in [-0.2, -0.15) is 0 Å². The third kappa shape index (κ3) is 5.25. The number of carbonyl (C=O) groups is 1. The Labute approximate surface area is 175 Å². The van der Waals surface area contributed by atoms with Crippen LogP contribution >= 0.6 is 11.6 Å². The second kappa shape index (κ2) is 9.25. The number of halogens is 1. The van der Waals surface area contributed by atoms with E-state index in [-0.39, 0.29) is 18.1 Å². The van der Waals surface area contributed by atoms with Crippen LogP contribution in [-0.4, -0.2) is 23.9 Å². The van der Waals surface area contributed by atoms with Crippen LogP contribution in [0.25, 0.3) is 11.0 Å². The Hall–Kier alpha value is -2.63. The molecule has 6 heteroatoms. The number of anilines is 1. The maximum Gasteiger partial charge on any atom is 0.336 e. The van der Waals surface area contributed by atoms with Crippen molar-refractivity contribution in [3.63, 3.8) is 0 Å². The van der Waals surface area contributed by atoms with Gasteiger partial charge in [-0.25, -0.2) is 4.79 Å². The molecule has 0 aliphatic rings. The second-order valence-corrected chi connectivity index (χ2v) is 7.52. The molecule has 0 aliphatic heterocycles. The summed E-state index contributed by atoms with van der Waals surface area (Å²) in [5.41, 5.74) is 3.83. The molecule has 0 radical (unpaired) electrons. The maximum atomic E-state index is 12.6. The lowest BCUT2D eigenvalue weighted by atomic mass is 10.1. The summed E-state index contributed by atoms with van der Waals surface area (Å²) in [7, 11) is 0. The summed E-state index contributed by atoms with van der Waals surface area (Å²) in [4.78, 5) is 26.6. The predicted molar refractivity (Wildman–Crippen MR) is 118 cm³/mol. The number of hydrogen-bond acceptors (Lipinski definition) is 4. The lowest BCUT2D eigenvalue weighted by Crippen LogP contribution is -2.33. The van der Waals surface area contributed by atoms with E-state index >= 15 is 0 Å². The van der Waals surface area contributed by atoms with Crippen molar-refractivity contribution in [1.29, 1.82) is 0 Å². The molecule has 0 atom stereocenters. The fourth-order valence-electron chi connectivity index (χ4n) is 3.27. The van der Waals surface area contributed by atoms with Crippen molar-refractivity contribution in [3.8, 4) is 0 Å². The Balaban J connectivity index is 1.78. The lowest BCUT2D eigenvalue weighted by Gasteiger charge is -2.21. The first-order valence-corrected chi connectivity index (χ1v) is 10.1. The molecule has 0 unspecified atom stereocenters. The van der Waals surface area contributed by atoms with Gasteiger partial charge in [0.2, 0.25) is 5.91 Å². The summed E-state index contributed by atoms with van der Waals surface area (Å²) in [6.07, 6.45) is 0.869. The van der Waals surface area contributed by atoms with E-state index in [1.165, 1.54) is 6.07 Å². The van der Waals surface area contributed by atoms with Crippen molar-refractivity contribution in [2.75, 3.05) is 18.4 Å². The molecule has 1 aromatic heterocycles. The summed E-state index contributed by atoms with van der Waals surface area (Å²) < 4.78 is 5.38. The molecule has 1 amide bonds. The van der Waals surface area contributed by atoms with Crippen LogP contribution in [0.2, 0.25) is 5.02 Å². The number of hydrogen-bond donors (Lipinski definition) is 1. The molecule has 29 heavy (non-hydrogen) atoms. The molecule has 0 saturated carbocycles. The lowest BCUT2D eigenvalue weighted by molar-refractivity contribution is -0.117. The minimum atomic E-state index is -0.379. The van der Waals surface area contributed by atoms with Crippen LogP contribution in [-0.2, 0) is 17.8 Å². The van der Waals surface area contributed by atoms with E-state index in [4.69, 9.17) is 16.0 Å². The van der Waals surface area contributed by atoms with E-state index in [9.17, 15) is 9.59 Å².